The maximum absolute atomic E-state index is 14.6. The topological polar surface area (TPSA) is 407 Å². The summed E-state index contributed by atoms with van der Waals surface area (Å²) in [7, 11) is 0. The molecule has 7 unspecified atom stereocenters. The van der Waals surface area contributed by atoms with E-state index in [9.17, 15) is 47.9 Å². The van der Waals surface area contributed by atoms with E-state index in [1.165, 1.54) is 19.4 Å². The zero-order chi connectivity index (χ0) is 53.9. The van der Waals surface area contributed by atoms with Gasteiger partial charge >= 0.3 is 11.9 Å². The highest BCUT2D eigenvalue weighted by Crippen LogP contribution is 2.20. The maximum atomic E-state index is 14.6. The fourth-order valence-corrected chi connectivity index (χ4v) is 8.13. The highest BCUT2D eigenvalue weighted by atomic mass is 32.1. The van der Waals surface area contributed by atoms with Gasteiger partial charge in [0.2, 0.25) is 41.4 Å². The molecule has 4 aromatic rings. The molecule has 1 aliphatic heterocycles. The fourth-order valence-electron chi connectivity index (χ4n) is 7.57. The zero-order valence-corrected chi connectivity index (χ0v) is 42.0. The number of hydrogen-bond donors (Lipinski definition) is 15. The van der Waals surface area contributed by atoms with Crippen molar-refractivity contribution in [3.63, 3.8) is 0 Å². The number of quaternary nitrogens is 1. The number of nitrogens with one attached hydrogen (secondary N) is 10. The molecular weight excluding hydrogens is 1000 g/mol. The van der Waals surface area contributed by atoms with Gasteiger partial charge in [0.15, 0.2) is 12.0 Å². The Balaban J connectivity index is 1.36. The molecule has 28 heteroatoms. The Bertz CT molecular complexity index is 2670. The molecule has 26 nitrogen and oxygen atoms in total. The van der Waals surface area contributed by atoms with Crippen molar-refractivity contribution in [3.05, 3.63) is 90.1 Å². The van der Waals surface area contributed by atoms with E-state index in [-0.39, 0.29) is 62.7 Å². The average molecular weight is 1060 g/mol. The number of fused-ring (bicyclic) bond motifs is 1. The molecule has 7 atom stereocenters. The van der Waals surface area contributed by atoms with Crippen LogP contribution in [0.15, 0.2) is 78.3 Å². The van der Waals surface area contributed by atoms with Crippen LogP contribution in [0.2, 0.25) is 0 Å². The van der Waals surface area contributed by atoms with Crippen LogP contribution in [0.5, 0.6) is 0 Å². The minimum absolute atomic E-state index is 0.0467. The van der Waals surface area contributed by atoms with E-state index < -0.39 is 108 Å². The van der Waals surface area contributed by atoms with Gasteiger partial charge in [0.05, 0.1) is 12.9 Å². The third-order valence-electron chi connectivity index (χ3n) is 11.6. The first kappa shape index (κ1) is 56.9. The number of benzene rings is 2. The second-order valence-electron chi connectivity index (χ2n) is 17.1. The maximum Gasteiger partial charge on any atom is 0.332 e. The second kappa shape index (κ2) is 27.7. The molecular formula is C46H61N16O10S2+. The minimum Gasteiger partial charge on any atom is -0.370 e. The number of hydrogen-bond acceptors (Lipinski definition) is 14. The Hall–Kier alpha value is -7.98. The molecule has 396 valence electrons. The van der Waals surface area contributed by atoms with Crippen LogP contribution < -0.4 is 59.7 Å². The standard InChI is InChI=1S/C46H60N16O10S2/c1-24(55-44(71)35(22-74)56-36(63)20-62-37(64)19-53-46(62)72)39(66)58-33(16-27-18-50-23-54-27)43(70)59-31(14-25-8-3-2-4-9-25)41(68)57-30(12-7-13-51-45(48)49)40(67)60-32(42(69)61-34(21-73)38(47)65)15-26-17-52-29-11-6-5-10-28(26)29/h2-6,8-11,17-18,23-24,30-35,52,73-74H,7,12-16,19-22H2,1H3,(H2,47,65)(H,50,54)(H,53,72)(H,55,71)(H,56,63)(H,57,68)(H,58,66)(H,59,70)(H,60,67)(H,61,69)(H4,48,49,51)/p+1. The number of carbonyl (C=O) groups excluding carboxylic acids is 10. The number of guanidine groups is 1. The Labute approximate surface area is 434 Å². The SMILES string of the molecule is CC(NC(=O)C(CS)NC(=O)CN1C(=O)CNC1=O)C(=O)NC(Cc1cnc[nH]1)C(=O)NC(Cc1ccccc1)C(=O)NC(CCCN=C(N)N)C(=O)NC(Cc1c[nH]c2ccccc12)C(=O)NC(CS)C([NH3+])=O. The molecule has 0 bridgehead atoms. The number of aliphatic imine (C=N–C) groups is 1. The average Bonchev–Trinajstić information content (AvgIpc) is 4.13. The Morgan fingerprint density at radius 1 is 0.716 bits per heavy atom. The predicted octanol–water partition coefficient (Wildman–Crippen LogP) is -4.43. The number of carbonyl (C=O) groups is 10. The van der Waals surface area contributed by atoms with Crippen LogP contribution in [0.4, 0.5) is 4.79 Å². The van der Waals surface area contributed by atoms with Gasteiger partial charge in [-0.2, -0.15) is 25.3 Å². The van der Waals surface area contributed by atoms with Crippen molar-refractivity contribution in [3.8, 4) is 0 Å². The first-order valence-corrected chi connectivity index (χ1v) is 24.5. The molecule has 17 N–H and O–H groups in total. The molecule has 5 rings (SSSR count). The van der Waals surface area contributed by atoms with Crippen molar-refractivity contribution in [2.75, 3.05) is 31.1 Å². The number of imidazole rings is 1. The molecule has 1 saturated heterocycles. The summed E-state index contributed by atoms with van der Waals surface area (Å²) in [4.78, 5) is 148. The van der Waals surface area contributed by atoms with Gasteiger partial charge in [0.1, 0.15) is 42.8 Å². The molecule has 0 spiro atoms. The number of urea groups is 1. The summed E-state index contributed by atoms with van der Waals surface area (Å²) in [6, 6.07) is 5.99. The van der Waals surface area contributed by atoms with Gasteiger partial charge in [0, 0.05) is 66.3 Å². The van der Waals surface area contributed by atoms with Gasteiger partial charge in [-0.3, -0.25) is 54.0 Å². The Morgan fingerprint density at radius 2 is 1.30 bits per heavy atom. The minimum atomic E-state index is -1.41. The number of aromatic nitrogens is 3. The summed E-state index contributed by atoms with van der Waals surface area (Å²) < 4.78 is 0. The summed E-state index contributed by atoms with van der Waals surface area (Å²) in [6.07, 6.45) is 4.22. The second-order valence-corrected chi connectivity index (χ2v) is 17.8. The molecule has 0 radical (unpaired) electrons. The summed E-state index contributed by atoms with van der Waals surface area (Å²) in [6.45, 7) is 0.431. The number of H-pyrrole nitrogens is 2. The Morgan fingerprint density at radius 3 is 1.91 bits per heavy atom. The van der Waals surface area contributed by atoms with Gasteiger partial charge in [-0.25, -0.2) is 14.6 Å². The van der Waals surface area contributed by atoms with Crippen LogP contribution in [0.1, 0.15) is 36.6 Å². The lowest BCUT2D eigenvalue weighted by Gasteiger charge is -2.27. The first-order chi connectivity index (χ1) is 35.4. The number of para-hydroxylation sites is 1. The third-order valence-corrected chi connectivity index (χ3v) is 12.3. The van der Waals surface area contributed by atoms with Crippen LogP contribution in [-0.2, 0) is 62.4 Å². The van der Waals surface area contributed by atoms with Gasteiger partial charge < -0.3 is 64.0 Å². The van der Waals surface area contributed by atoms with Crippen molar-refractivity contribution >= 4 is 101 Å². The number of nitrogens with two attached hydrogens (primary N) is 2. The van der Waals surface area contributed by atoms with Crippen LogP contribution in [-0.4, -0.2) is 158 Å². The van der Waals surface area contributed by atoms with Gasteiger partial charge in [0.25, 0.3) is 5.91 Å². The van der Waals surface area contributed by atoms with E-state index in [2.05, 4.69) is 93.5 Å². The molecule has 2 aromatic carbocycles. The van der Waals surface area contributed by atoms with Gasteiger partial charge in [-0.1, -0.05) is 48.5 Å². The van der Waals surface area contributed by atoms with Crippen molar-refractivity contribution in [2.24, 2.45) is 16.5 Å². The highest BCUT2D eigenvalue weighted by Gasteiger charge is 2.35. The van der Waals surface area contributed by atoms with Crippen molar-refractivity contribution in [2.45, 2.75) is 81.3 Å². The zero-order valence-electron chi connectivity index (χ0n) is 40.2. The van der Waals surface area contributed by atoms with Gasteiger partial charge in [-0.05, 0) is 37.0 Å². The van der Waals surface area contributed by atoms with E-state index in [0.29, 0.717) is 21.7 Å². The van der Waals surface area contributed by atoms with Crippen molar-refractivity contribution in [1.82, 2.24) is 62.4 Å². The number of amides is 11. The number of aromatic amines is 2. The summed E-state index contributed by atoms with van der Waals surface area (Å²) in [5.74, 6) is -7.52. The number of thiol groups is 2. The third kappa shape index (κ3) is 16.8. The molecule has 1 aliphatic rings. The number of rotatable bonds is 28. The smallest absolute Gasteiger partial charge is 0.332 e. The van der Waals surface area contributed by atoms with E-state index in [1.807, 2.05) is 24.3 Å². The molecule has 0 aliphatic carbocycles. The molecule has 1 fully saturated rings. The Kier molecular flexibility index (Phi) is 21.3. The predicted molar refractivity (Wildman–Crippen MR) is 274 cm³/mol. The molecule has 11 amide bonds. The van der Waals surface area contributed by atoms with Crippen LogP contribution in [0, 0.1) is 0 Å². The van der Waals surface area contributed by atoms with E-state index in [4.69, 9.17) is 11.5 Å². The van der Waals surface area contributed by atoms with Crippen LogP contribution in [0.3, 0.4) is 0 Å². The van der Waals surface area contributed by atoms with E-state index in [1.54, 1.807) is 36.5 Å². The normalized spacial score (nSPS) is 14.9. The summed E-state index contributed by atoms with van der Waals surface area (Å²) in [5.41, 5.74) is 16.9. The quantitative estimate of drug-likeness (QED) is 0.00841. The largest absolute Gasteiger partial charge is 0.370 e. The molecule has 0 saturated carbocycles. The number of nitrogens with zero attached hydrogens (tertiary/aromatic N) is 3. The van der Waals surface area contributed by atoms with Crippen molar-refractivity contribution in [1.29, 1.82) is 0 Å². The fraction of sp³-hybridized carbons (Fsp3) is 0.391. The first-order valence-electron chi connectivity index (χ1n) is 23.3. The summed E-state index contributed by atoms with van der Waals surface area (Å²) >= 11 is 8.31. The van der Waals surface area contributed by atoms with Crippen LogP contribution in [0.25, 0.3) is 10.9 Å². The molecule has 2 aromatic heterocycles. The van der Waals surface area contributed by atoms with Gasteiger partial charge in [-0.15, -0.1) is 0 Å². The molecule has 3 heterocycles. The lowest BCUT2D eigenvalue weighted by atomic mass is 10.0. The van der Waals surface area contributed by atoms with E-state index in [0.717, 1.165) is 10.9 Å². The van der Waals surface area contributed by atoms with Crippen molar-refractivity contribution < 1.29 is 53.7 Å². The number of imide groups is 1. The van der Waals surface area contributed by atoms with Crippen LogP contribution >= 0.6 is 25.3 Å². The molecule has 74 heavy (non-hydrogen) atoms. The monoisotopic (exact) mass is 1060 g/mol. The van der Waals surface area contributed by atoms with E-state index >= 15 is 0 Å². The summed E-state index contributed by atoms with van der Waals surface area (Å²) in [5, 5.41) is 21.3. The lowest BCUT2D eigenvalue weighted by molar-refractivity contribution is -0.307. The highest BCUT2D eigenvalue weighted by molar-refractivity contribution is 7.80. The lowest BCUT2D eigenvalue weighted by Crippen LogP contribution is -2.68.